The van der Waals surface area contributed by atoms with Crippen LogP contribution >= 0.6 is 0 Å². The first-order chi connectivity index (χ1) is 14.5. The Morgan fingerprint density at radius 1 is 1.03 bits per heavy atom. The first-order valence-corrected chi connectivity index (χ1v) is 9.82. The van der Waals surface area contributed by atoms with Crippen LogP contribution in [0.4, 0.5) is 5.82 Å². The van der Waals surface area contributed by atoms with Crippen molar-refractivity contribution in [1.29, 1.82) is 0 Å². The van der Waals surface area contributed by atoms with Gasteiger partial charge in [0.25, 0.3) is 11.8 Å². The average molecular weight is 402 g/mol. The molecule has 0 unspecified atom stereocenters. The van der Waals surface area contributed by atoms with Gasteiger partial charge in [0.05, 0.1) is 5.71 Å². The quantitative estimate of drug-likeness (QED) is 0.644. The predicted molar refractivity (Wildman–Crippen MR) is 114 cm³/mol. The van der Waals surface area contributed by atoms with Crippen LogP contribution in [-0.4, -0.2) is 22.5 Å². The van der Waals surface area contributed by atoms with Crippen LogP contribution < -0.4 is 10.7 Å². The van der Waals surface area contributed by atoms with Crippen molar-refractivity contribution in [3.8, 4) is 0 Å². The van der Waals surface area contributed by atoms with Crippen LogP contribution in [0.5, 0.6) is 0 Å². The summed E-state index contributed by atoms with van der Waals surface area (Å²) >= 11 is 0. The molecule has 0 spiro atoms. The van der Waals surface area contributed by atoms with Crippen molar-refractivity contribution >= 4 is 23.3 Å². The van der Waals surface area contributed by atoms with Crippen LogP contribution in [0.3, 0.4) is 0 Å². The van der Waals surface area contributed by atoms with Gasteiger partial charge in [-0.15, -0.1) is 0 Å². The molecule has 1 aromatic carbocycles. The topological polar surface area (TPSA) is 96.6 Å². The Hall–Kier alpha value is -3.74. The monoisotopic (exact) mass is 402 g/mol. The molecule has 0 saturated heterocycles. The lowest BCUT2D eigenvalue weighted by molar-refractivity contribution is 0.0953. The van der Waals surface area contributed by atoms with E-state index in [-0.39, 0.29) is 17.6 Å². The number of fused-ring (bicyclic) bond motifs is 1. The summed E-state index contributed by atoms with van der Waals surface area (Å²) in [6.45, 7) is 3.71. The maximum atomic E-state index is 12.8. The molecule has 4 rings (SSSR count). The van der Waals surface area contributed by atoms with Crippen molar-refractivity contribution in [3.63, 3.8) is 0 Å². The minimum absolute atomic E-state index is 0.244. The number of benzene rings is 1. The summed E-state index contributed by atoms with van der Waals surface area (Å²) in [5, 5.41) is 7.16. The van der Waals surface area contributed by atoms with Gasteiger partial charge in [-0.3, -0.25) is 9.59 Å². The number of furan rings is 1. The average Bonchev–Trinajstić information content (AvgIpc) is 3.11. The number of hydrogen-bond acceptors (Lipinski definition) is 5. The Kier molecular flexibility index (Phi) is 5.43. The number of hydrazone groups is 1. The minimum atomic E-state index is -0.351. The van der Waals surface area contributed by atoms with E-state index in [9.17, 15) is 9.59 Å². The fourth-order valence-electron chi connectivity index (χ4n) is 3.55. The van der Waals surface area contributed by atoms with Crippen LogP contribution in [0, 0.1) is 13.8 Å². The lowest BCUT2D eigenvalue weighted by atomic mass is 9.93. The van der Waals surface area contributed by atoms with Crippen molar-refractivity contribution in [3.05, 3.63) is 82.4 Å². The van der Waals surface area contributed by atoms with Crippen LogP contribution in [0.25, 0.3) is 0 Å². The van der Waals surface area contributed by atoms with Gasteiger partial charge < -0.3 is 9.73 Å². The molecule has 0 atom stereocenters. The highest BCUT2D eigenvalue weighted by Gasteiger charge is 2.28. The normalized spacial score (nSPS) is 14.3. The number of aryl methyl sites for hydroxylation is 2. The Bertz CT molecular complexity index is 1130. The molecule has 0 fully saturated rings. The third-order valence-electron chi connectivity index (χ3n) is 5.10. The maximum Gasteiger partial charge on any atom is 0.292 e. The summed E-state index contributed by atoms with van der Waals surface area (Å²) in [6.07, 6.45) is 3.88. The van der Waals surface area contributed by atoms with Gasteiger partial charge in [0.1, 0.15) is 11.6 Å². The Labute approximate surface area is 174 Å². The van der Waals surface area contributed by atoms with E-state index in [0.29, 0.717) is 29.1 Å². The number of rotatable bonds is 4. The van der Waals surface area contributed by atoms with E-state index < -0.39 is 0 Å². The number of nitrogens with one attached hydrogen (secondary N) is 2. The molecule has 152 valence electrons. The second-order valence-electron chi connectivity index (χ2n) is 7.20. The van der Waals surface area contributed by atoms with Crippen molar-refractivity contribution in [2.75, 3.05) is 5.32 Å². The van der Waals surface area contributed by atoms with E-state index >= 15 is 0 Å². The predicted octanol–water partition coefficient (Wildman–Crippen LogP) is 4.01. The van der Waals surface area contributed by atoms with Gasteiger partial charge in [-0.05, 0) is 50.5 Å². The second kappa shape index (κ2) is 8.32. The van der Waals surface area contributed by atoms with Crippen LogP contribution in [-0.2, 0) is 6.42 Å². The number of carbonyl (C=O) groups excluding carboxylic acids is 2. The molecule has 7 nitrogen and oxygen atoms in total. The zero-order valence-corrected chi connectivity index (χ0v) is 16.9. The molecule has 7 heteroatoms. The molecular weight excluding hydrogens is 380 g/mol. The SMILES string of the molecule is Cc1cccnc1NC(=O)c1oc2c(c1C)/C(=N/NC(=O)c1ccccc1)CCC2. The summed E-state index contributed by atoms with van der Waals surface area (Å²) < 4.78 is 5.90. The molecule has 0 aliphatic heterocycles. The molecule has 0 radical (unpaired) electrons. The van der Waals surface area contributed by atoms with Crippen molar-refractivity contribution in [2.24, 2.45) is 5.10 Å². The molecule has 2 N–H and O–H groups in total. The van der Waals surface area contributed by atoms with Gasteiger partial charge in [0, 0.05) is 29.3 Å². The lowest BCUT2D eigenvalue weighted by Crippen LogP contribution is -2.22. The first-order valence-electron chi connectivity index (χ1n) is 9.82. The second-order valence-corrected chi connectivity index (χ2v) is 7.20. The Morgan fingerprint density at radius 3 is 2.60 bits per heavy atom. The Balaban J connectivity index is 1.58. The fraction of sp³-hybridized carbons (Fsp3) is 0.217. The van der Waals surface area contributed by atoms with E-state index in [1.54, 1.807) is 30.5 Å². The van der Waals surface area contributed by atoms with E-state index in [1.807, 2.05) is 32.0 Å². The number of hydrogen-bond donors (Lipinski definition) is 2. The van der Waals surface area contributed by atoms with Gasteiger partial charge in [0.15, 0.2) is 5.76 Å². The van der Waals surface area contributed by atoms with Crippen LogP contribution in [0.1, 0.15) is 56.2 Å². The molecule has 2 aromatic heterocycles. The number of pyridine rings is 1. The lowest BCUT2D eigenvalue weighted by Gasteiger charge is -2.13. The van der Waals surface area contributed by atoms with Gasteiger partial charge >= 0.3 is 0 Å². The summed E-state index contributed by atoms with van der Waals surface area (Å²) in [4.78, 5) is 29.3. The van der Waals surface area contributed by atoms with Crippen molar-refractivity contribution < 1.29 is 14.0 Å². The third-order valence-corrected chi connectivity index (χ3v) is 5.10. The van der Waals surface area contributed by atoms with E-state index in [4.69, 9.17) is 4.42 Å². The summed E-state index contributed by atoms with van der Waals surface area (Å²) in [5.74, 6) is 0.833. The van der Waals surface area contributed by atoms with E-state index in [1.165, 1.54) is 0 Å². The van der Waals surface area contributed by atoms with E-state index in [0.717, 1.165) is 29.7 Å². The molecular formula is C23H22N4O3. The number of anilines is 1. The molecule has 2 heterocycles. The highest BCUT2D eigenvalue weighted by atomic mass is 16.4. The zero-order chi connectivity index (χ0) is 21.1. The molecule has 1 aliphatic carbocycles. The number of amides is 2. The van der Waals surface area contributed by atoms with Gasteiger partial charge in [0.2, 0.25) is 0 Å². The van der Waals surface area contributed by atoms with Crippen LogP contribution in [0.2, 0.25) is 0 Å². The number of nitrogens with zero attached hydrogens (tertiary/aromatic N) is 2. The van der Waals surface area contributed by atoms with Crippen molar-refractivity contribution in [2.45, 2.75) is 33.1 Å². The number of aromatic nitrogens is 1. The summed E-state index contributed by atoms with van der Waals surface area (Å²) in [5.41, 5.74) is 6.25. The summed E-state index contributed by atoms with van der Waals surface area (Å²) in [6, 6.07) is 12.6. The first kappa shape index (κ1) is 19.6. The van der Waals surface area contributed by atoms with Gasteiger partial charge in [-0.1, -0.05) is 24.3 Å². The molecule has 0 bridgehead atoms. The highest BCUT2D eigenvalue weighted by Crippen LogP contribution is 2.30. The van der Waals surface area contributed by atoms with Crippen LogP contribution in [0.15, 0.2) is 58.2 Å². The standard InChI is InChI=1S/C23H22N4O3/c1-14-8-7-13-24-21(14)25-23(29)20-15(2)19-17(11-6-12-18(19)30-20)26-27-22(28)16-9-4-3-5-10-16/h3-5,7-10,13H,6,11-12H2,1-2H3,(H,27,28)(H,24,25,29)/b26-17+. The smallest absolute Gasteiger partial charge is 0.292 e. The molecule has 2 amide bonds. The van der Waals surface area contributed by atoms with Crippen molar-refractivity contribution in [1.82, 2.24) is 10.4 Å². The molecule has 3 aromatic rings. The summed E-state index contributed by atoms with van der Waals surface area (Å²) in [7, 11) is 0. The number of carbonyl (C=O) groups is 2. The Morgan fingerprint density at radius 2 is 1.83 bits per heavy atom. The molecule has 30 heavy (non-hydrogen) atoms. The zero-order valence-electron chi connectivity index (χ0n) is 16.9. The maximum absolute atomic E-state index is 12.8. The highest BCUT2D eigenvalue weighted by molar-refractivity contribution is 6.09. The van der Waals surface area contributed by atoms with E-state index in [2.05, 4.69) is 20.8 Å². The van der Waals surface area contributed by atoms with Gasteiger partial charge in [-0.25, -0.2) is 10.4 Å². The largest absolute Gasteiger partial charge is 0.455 e. The fourth-order valence-corrected chi connectivity index (χ4v) is 3.55. The third kappa shape index (κ3) is 3.87. The minimum Gasteiger partial charge on any atom is -0.455 e. The van der Waals surface area contributed by atoms with Gasteiger partial charge in [-0.2, -0.15) is 5.10 Å². The molecule has 0 saturated carbocycles. The molecule has 1 aliphatic rings.